The molecule has 0 fully saturated rings. The molecule has 8 rings (SSSR count). The molecule has 115 heavy (non-hydrogen) atoms. The Morgan fingerprint density at radius 3 is 1.30 bits per heavy atom. The number of nitrogens with zero attached hydrogens (tertiary/aromatic N) is 4. The molecular formula is C73H93BCl5N13O23. The summed E-state index contributed by atoms with van der Waals surface area (Å²) in [5.74, 6) is -5.27. The van der Waals surface area contributed by atoms with Crippen molar-refractivity contribution in [2.24, 2.45) is 11.5 Å². The normalized spacial score (nSPS) is 9.45. The van der Waals surface area contributed by atoms with Gasteiger partial charge in [0.2, 0.25) is 35.6 Å². The van der Waals surface area contributed by atoms with Crippen molar-refractivity contribution >= 4 is 165 Å². The monoisotopic (exact) mass is 1710 g/mol. The van der Waals surface area contributed by atoms with E-state index in [9.17, 15) is 52.7 Å². The maximum Gasteiger partial charge on any atom is 0.488 e. The summed E-state index contributed by atoms with van der Waals surface area (Å²) in [6.07, 6.45) is 12.2. The van der Waals surface area contributed by atoms with Crippen LogP contribution in [0.3, 0.4) is 0 Å². The fraction of sp³-hybridized carbons (Fsp3) is 0.288. The number of allylic oxidation sites excluding steroid dienone is 1. The van der Waals surface area contributed by atoms with E-state index in [4.69, 9.17) is 91.1 Å². The van der Waals surface area contributed by atoms with E-state index in [1.54, 1.807) is 193 Å². The summed E-state index contributed by atoms with van der Waals surface area (Å²) in [5, 5.41) is 37.9. The molecule has 0 spiro atoms. The van der Waals surface area contributed by atoms with Crippen LogP contribution < -0.4 is 44.3 Å². The van der Waals surface area contributed by atoms with Crippen molar-refractivity contribution < 1.29 is 110 Å². The predicted molar refractivity (Wildman–Crippen MR) is 432 cm³/mol. The molecule has 626 valence electrons. The third kappa shape index (κ3) is 45.2. The smallest absolute Gasteiger partial charge is 0.464 e. The van der Waals surface area contributed by atoms with Crippen LogP contribution >= 0.6 is 58.8 Å². The number of carbonyl (C=O) groups excluding carboxylic acids is 12. The lowest BCUT2D eigenvalue weighted by Gasteiger charge is -2.13. The zero-order valence-electron chi connectivity index (χ0n) is 64.4. The van der Waals surface area contributed by atoms with E-state index < -0.39 is 67.0 Å². The number of hydrogen-bond acceptors (Lipinski definition) is 29. The number of aromatic nitrogens is 5. The first-order valence-electron chi connectivity index (χ1n) is 33.7. The number of nitrogens with one attached hydrogen (secondary N) is 5. The quantitative estimate of drug-likeness (QED) is 0.00542. The molecule has 5 heterocycles. The largest absolute Gasteiger partial charge is 0.488 e. The van der Waals surface area contributed by atoms with Crippen molar-refractivity contribution in [3.8, 4) is 17.4 Å². The van der Waals surface area contributed by atoms with Crippen molar-refractivity contribution in [3.05, 3.63) is 190 Å². The SMILES string of the molecule is CC(=O)Cl.CCOC(=O)C(N)C(=O)OCC.CCOC(=O)C(N/C=C/C#N)C(=O)OCC.CCOC(=O)c1[nH]ccc1N.CCOC(=O)c1[nH]ccc1NC(C)=O.CCOC(=O)c1c(N)ccn1-c1ccc(Cl)cc1.CCOC(=O)c1c(NC(C)=O)ccn1-c1ccc(Cl)cc1.Cl.NC=O.OB(O)c1ccc(Cl)cc1.c1cnoc1. The Balaban J connectivity index is -0.00000125. The Hall–Kier alpha value is -12.1. The average molecular weight is 1710 g/mol. The molecule has 3 aromatic carbocycles. The molecule has 0 aliphatic carbocycles. The summed E-state index contributed by atoms with van der Waals surface area (Å²) < 4.78 is 45.6. The molecule has 5 aromatic heterocycles. The van der Waals surface area contributed by atoms with E-state index in [1.165, 1.54) is 33.2 Å². The molecule has 0 radical (unpaired) electrons. The van der Waals surface area contributed by atoms with Crippen molar-refractivity contribution in [2.75, 3.05) is 75.0 Å². The highest BCUT2D eigenvalue weighted by Crippen LogP contribution is 2.25. The van der Waals surface area contributed by atoms with Crippen LogP contribution in [-0.2, 0) is 76.3 Å². The standard InChI is InChI=1S/C15H15ClN2O3.C13H13ClN2O2.C10H14N2O4.C9H12N2O3.C7H10N2O2.C7H13NO4.C6H6BClO2.C3H3NO.C2H3ClO.CH3NO.ClH/c1-3-21-15(20)14-13(17-10(2)19)8-9-18(14)12-6-4-11(16)5-7-12;1-2-18-13(17)12-11(15)7-8-16(12)10-5-3-9(14)4-6-10;1-3-15-9(13)8(10(14)16-4-2)12-7-5-6-11;1-3-14-9(13)8-7(4-5-10-8)11-6(2)12;1-2-11-7(10)6-5(8)3-4-9-6;1-3-11-6(9)5(8)7(10)12-4-2;8-6-3-1-5(2-4-6)7(9)10;1-2-4-5-3-1;1-2(3)4;2-1-3;/h4-9H,3H2,1-2H3,(H,17,19);3-8H,2,15H2,1H3;5,7-8,12H,3-4H2,1-2H3;4-5,10H,3H2,1-2H3,(H,11,12);3-4,9H,2,8H2,1H3;5H,3-4,8H2,1-2H3;1-4,9-10H;1-3H;1H3;1H,(H2,2,3);1H/b;;7-5+;;;;;;;;. The number of nitriles is 1. The molecule has 0 aliphatic rings. The number of nitrogens with two attached hydrogens (primary N) is 4. The number of carbonyl (C=O) groups is 12. The summed E-state index contributed by atoms with van der Waals surface area (Å²) in [4.78, 5) is 136. The summed E-state index contributed by atoms with van der Waals surface area (Å²) in [7, 11) is -1.41. The second kappa shape index (κ2) is 63.4. The van der Waals surface area contributed by atoms with E-state index in [1.807, 2.05) is 12.1 Å². The van der Waals surface area contributed by atoms with E-state index in [0.717, 1.165) is 17.5 Å². The molecule has 42 heteroatoms. The minimum Gasteiger partial charge on any atom is -0.464 e. The lowest BCUT2D eigenvalue weighted by atomic mass is 9.81. The zero-order chi connectivity index (χ0) is 86.7. The van der Waals surface area contributed by atoms with Gasteiger partial charge in [0.25, 0.3) is 0 Å². The molecule has 3 amide bonds. The van der Waals surface area contributed by atoms with Gasteiger partial charge in [-0.15, -0.1) is 12.4 Å². The van der Waals surface area contributed by atoms with Gasteiger partial charge in [0.15, 0.2) is 11.4 Å². The van der Waals surface area contributed by atoms with E-state index in [2.05, 4.69) is 71.9 Å². The number of halogens is 5. The maximum absolute atomic E-state index is 12.1. The summed E-state index contributed by atoms with van der Waals surface area (Å²) in [6, 6.07) is 27.9. The van der Waals surface area contributed by atoms with Crippen molar-refractivity contribution in [1.82, 2.24) is 29.6 Å². The van der Waals surface area contributed by atoms with Gasteiger partial charge in [0, 0.05) is 84.3 Å². The summed E-state index contributed by atoms with van der Waals surface area (Å²) in [5.41, 5.74) is 25.4. The number of anilines is 4. The molecule has 0 bridgehead atoms. The number of benzene rings is 3. The summed E-state index contributed by atoms with van der Waals surface area (Å²) >= 11 is 21.9. The maximum atomic E-state index is 12.1. The number of primary amides is 1. The van der Waals surface area contributed by atoms with Gasteiger partial charge in [-0.3, -0.25) is 19.2 Å². The number of esters is 8. The third-order valence-corrected chi connectivity index (χ3v) is 12.9. The Morgan fingerprint density at radius 1 is 0.557 bits per heavy atom. The highest BCUT2D eigenvalue weighted by Gasteiger charge is 2.29. The van der Waals surface area contributed by atoms with Gasteiger partial charge in [-0.1, -0.05) is 52.1 Å². The van der Waals surface area contributed by atoms with Gasteiger partial charge in [-0.05, 0) is 163 Å². The Labute approximate surface area is 689 Å². The minimum atomic E-state index is -1.41. The molecule has 0 aliphatic heterocycles. The molecule has 0 saturated heterocycles. The van der Waals surface area contributed by atoms with Crippen LogP contribution in [0, 0.1) is 11.3 Å². The van der Waals surface area contributed by atoms with Crippen LogP contribution in [0.5, 0.6) is 0 Å². The number of ether oxygens (including phenoxy) is 8. The molecule has 8 aromatic rings. The molecule has 15 N–H and O–H groups in total. The number of nitrogen functional groups attached to an aromatic ring is 2. The Morgan fingerprint density at radius 2 is 0.930 bits per heavy atom. The molecular weight excluding hydrogens is 1610 g/mol. The Bertz CT molecular complexity index is 4210. The second-order valence-electron chi connectivity index (χ2n) is 20.5. The van der Waals surface area contributed by atoms with Gasteiger partial charge in [0.05, 0.1) is 87.9 Å². The van der Waals surface area contributed by atoms with Crippen molar-refractivity contribution in [1.29, 1.82) is 5.26 Å². The van der Waals surface area contributed by atoms with Crippen LogP contribution in [0.15, 0.2) is 157 Å². The van der Waals surface area contributed by atoms with E-state index >= 15 is 0 Å². The van der Waals surface area contributed by atoms with Gasteiger partial charge >= 0.3 is 54.9 Å². The van der Waals surface area contributed by atoms with E-state index in [-0.39, 0.29) is 80.3 Å². The van der Waals surface area contributed by atoms with Crippen LogP contribution in [0.4, 0.5) is 22.7 Å². The number of aromatic amines is 2. The topological polar surface area (TPSA) is 551 Å². The molecule has 0 atom stereocenters. The van der Waals surface area contributed by atoms with E-state index in [0.29, 0.717) is 74.5 Å². The van der Waals surface area contributed by atoms with Gasteiger partial charge < -0.3 is 110 Å². The third-order valence-electron chi connectivity index (χ3n) is 12.1. The van der Waals surface area contributed by atoms with Crippen LogP contribution in [0.2, 0.25) is 15.1 Å². The van der Waals surface area contributed by atoms with Crippen molar-refractivity contribution in [3.63, 3.8) is 0 Å². The summed E-state index contributed by atoms with van der Waals surface area (Å²) in [6.45, 7) is 19.5. The van der Waals surface area contributed by atoms with Crippen LogP contribution in [0.25, 0.3) is 11.4 Å². The average Bonchev–Trinajstić information content (AvgIpc) is 1.68. The molecule has 36 nitrogen and oxygen atoms in total. The highest BCUT2D eigenvalue weighted by atomic mass is 35.5. The first-order valence-corrected chi connectivity index (χ1v) is 35.3. The minimum absolute atomic E-state index is 0. The number of H-pyrrole nitrogens is 2. The Kier molecular flexibility index (Phi) is 59.0. The molecule has 0 unspecified atom stereocenters. The number of amides is 3. The number of hydrogen-bond donors (Lipinski definition) is 11. The fourth-order valence-corrected chi connectivity index (χ4v) is 8.04. The lowest BCUT2D eigenvalue weighted by molar-refractivity contribution is -0.158. The predicted octanol–water partition coefficient (Wildman–Crippen LogP) is 8.62. The van der Waals surface area contributed by atoms with Gasteiger partial charge in [-0.2, -0.15) is 5.26 Å². The fourth-order valence-electron chi connectivity index (χ4n) is 7.66. The van der Waals surface area contributed by atoms with Crippen LogP contribution in [-0.4, -0.2) is 178 Å². The second-order valence-corrected chi connectivity index (χ2v) is 22.3. The van der Waals surface area contributed by atoms with Crippen LogP contribution in [0.1, 0.15) is 118 Å². The highest BCUT2D eigenvalue weighted by molar-refractivity contribution is 6.62. The molecule has 0 saturated carbocycles. The van der Waals surface area contributed by atoms with Crippen molar-refractivity contribution in [2.45, 2.75) is 88.2 Å². The zero-order valence-corrected chi connectivity index (χ0v) is 68.2. The first-order chi connectivity index (χ1) is 54.2. The van der Waals surface area contributed by atoms with Gasteiger partial charge in [-0.25, -0.2) is 38.4 Å². The van der Waals surface area contributed by atoms with Gasteiger partial charge in [0.1, 0.15) is 17.7 Å². The first kappa shape index (κ1) is 107. The number of rotatable bonds is 23. The lowest BCUT2D eigenvalue weighted by Crippen LogP contribution is -2.43.